The van der Waals surface area contributed by atoms with Crippen LogP contribution in [0.2, 0.25) is 0 Å². The maximum Gasteiger partial charge on any atom is 0.240 e. The minimum Gasteiger partial charge on any atom is -0.395 e. The van der Waals surface area contributed by atoms with E-state index >= 15 is 0 Å². The van der Waals surface area contributed by atoms with Crippen molar-refractivity contribution in [3.63, 3.8) is 0 Å². The SMILES string of the molecule is CC[C@H](CO)NS(=O)(=O)c1ccc(C)c(-c2nnc3c4ccccc4c(C)nn23)c1. The summed E-state index contributed by atoms with van der Waals surface area (Å²) in [6.45, 7) is 5.35. The number of aromatic nitrogens is 4. The fourth-order valence-corrected chi connectivity index (χ4v) is 4.79. The van der Waals surface area contributed by atoms with Crippen LogP contribution >= 0.6 is 0 Å². The molecule has 4 rings (SSSR count). The number of aliphatic hydroxyl groups is 1. The molecule has 0 aliphatic heterocycles. The van der Waals surface area contributed by atoms with E-state index in [0.717, 1.165) is 22.0 Å². The maximum atomic E-state index is 12.8. The van der Waals surface area contributed by atoms with Gasteiger partial charge >= 0.3 is 0 Å². The van der Waals surface area contributed by atoms with Gasteiger partial charge in [0.2, 0.25) is 10.0 Å². The van der Waals surface area contributed by atoms with E-state index < -0.39 is 16.1 Å². The molecule has 0 spiro atoms. The van der Waals surface area contributed by atoms with Gasteiger partial charge in [0.15, 0.2) is 11.5 Å². The van der Waals surface area contributed by atoms with Gasteiger partial charge in [-0.1, -0.05) is 37.3 Å². The first-order valence-corrected chi connectivity index (χ1v) is 11.2. The molecule has 0 aliphatic rings. The molecule has 2 aromatic carbocycles. The molecule has 0 bridgehead atoms. The van der Waals surface area contributed by atoms with Crippen LogP contribution in [0, 0.1) is 13.8 Å². The molecule has 2 aromatic heterocycles. The van der Waals surface area contributed by atoms with Crippen molar-refractivity contribution in [3.05, 3.63) is 53.7 Å². The Kier molecular flexibility index (Phi) is 5.27. The van der Waals surface area contributed by atoms with Gasteiger partial charge in [0.1, 0.15) is 0 Å². The lowest BCUT2D eigenvalue weighted by Gasteiger charge is -2.15. The second kappa shape index (κ2) is 7.75. The van der Waals surface area contributed by atoms with E-state index in [-0.39, 0.29) is 11.5 Å². The van der Waals surface area contributed by atoms with Gasteiger partial charge in [-0.2, -0.15) is 9.61 Å². The zero-order chi connectivity index (χ0) is 21.5. The fraction of sp³-hybridized carbons (Fsp3) is 0.286. The number of nitrogens with zero attached hydrogens (tertiary/aromatic N) is 4. The minimum atomic E-state index is -3.80. The van der Waals surface area contributed by atoms with Crippen molar-refractivity contribution in [2.75, 3.05) is 6.61 Å². The number of sulfonamides is 1. The standard InChI is InChI=1S/C21H23N5O3S/c1-4-15(12-27)25-30(28,29)16-10-9-13(2)19(11-16)21-23-22-20-18-8-6-5-7-17(18)14(3)24-26(20)21/h5-11,15,25,27H,4,12H2,1-3H3/t15-/m1/s1. The number of hydrogen-bond acceptors (Lipinski definition) is 6. The Morgan fingerprint density at radius 2 is 1.83 bits per heavy atom. The van der Waals surface area contributed by atoms with E-state index in [9.17, 15) is 13.5 Å². The highest BCUT2D eigenvalue weighted by Crippen LogP contribution is 2.28. The summed E-state index contributed by atoms with van der Waals surface area (Å²) in [5, 5.41) is 24.6. The van der Waals surface area contributed by atoms with Crippen LogP contribution in [0.4, 0.5) is 0 Å². The first-order valence-electron chi connectivity index (χ1n) is 9.70. The van der Waals surface area contributed by atoms with Crippen molar-refractivity contribution >= 4 is 26.4 Å². The monoisotopic (exact) mass is 425 g/mol. The third kappa shape index (κ3) is 3.45. The summed E-state index contributed by atoms with van der Waals surface area (Å²) in [6.07, 6.45) is 0.486. The van der Waals surface area contributed by atoms with Gasteiger partial charge in [0.25, 0.3) is 0 Å². The van der Waals surface area contributed by atoms with Crippen LogP contribution < -0.4 is 4.72 Å². The largest absolute Gasteiger partial charge is 0.395 e. The van der Waals surface area contributed by atoms with Crippen LogP contribution in [-0.2, 0) is 10.0 Å². The van der Waals surface area contributed by atoms with E-state index in [1.54, 1.807) is 22.7 Å². The lowest BCUT2D eigenvalue weighted by atomic mass is 10.1. The van der Waals surface area contributed by atoms with E-state index in [1.807, 2.05) is 45.0 Å². The van der Waals surface area contributed by atoms with Gasteiger partial charge in [-0.25, -0.2) is 13.1 Å². The molecule has 0 saturated heterocycles. The van der Waals surface area contributed by atoms with Gasteiger partial charge in [0, 0.05) is 22.4 Å². The molecule has 2 heterocycles. The molecule has 30 heavy (non-hydrogen) atoms. The number of aryl methyl sites for hydroxylation is 2. The molecule has 0 fully saturated rings. The third-order valence-electron chi connectivity index (χ3n) is 5.24. The minimum absolute atomic E-state index is 0.101. The van der Waals surface area contributed by atoms with Gasteiger partial charge in [-0.05, 0) is 38.0 Å². The summed E-state index contributed by atoms with van der Waals surface area (Å²) in [5.41, 5.74) is 2.92. The molecule has 8 nitrogen and oxygen atoms in total. The van der Waals surface area contributed by atoms with Crippen molar-refractivity contribution in [1.29, 1.82) is 0 Å². The molecule has 2 N–H and O–H groups in total. The average Bonchev–Trinajstić information content (AvgIpc) is 3.16. The Morgan fingerprint density at radius 1 is 1.10 bits per heavy atom. The fourth-order valence-electron chi connectivity index (χ4n) is 3.45. The predicted octanol–water partition coefficient (Wildman–Crippen LogP) is 2.61. The van der Waals surface area contributed by atoms with E-state index in [2.05, 4.69) is 20.0 Å². The van der Waals surface area contributed by atoms with Crippen molar-refractivity contribution in [2.24, 2.45) is 0 Å². The number of rotatable bonds is 6. The normalized spacial score (nSPS) is 13.2. The lowest BCUT2D eigenvalue weighted by Crippen LogP contribution is -2.36. The predicted molar refractivity (Wildman–Crippen MR) is 115 cm³/mol. The van der Waals surface area contributed by atoms with Crippen LogP contribution in [-0.4, -0.2) is 46.0 Å². The summed E-state index contributed by atoms with van der Waals surface area (Å²) < 4.78 is 29.8. The summed E-state index contributed by atoms with van der Waals surface area (Å²) >= 11 is 0. The van der Waals surface area contributed by atoms with E-state index in [0.29, 0.717) is 23.5 Å². The molecular weight excluding hydrogens is 402 g/mol. The van der Waals surface area contributed by atoms with E-state index in [4.69, 9.17) is 0 Å². The zero-order valence-electron chi connectivity index (χ0n) is 17.0. The first kappa shape index (κ1) is 20.4. The van der Waals surface area contributed by atoms with Crippen LogP contribution in [0.1, 0.15) is 24.6 Å². The summed E-state index contributed by atoms with van der Waals surface area (Å²) in [6, 6.07) is 12.2. The number of hydrogen-bond donors (Lipinski definition) is 2. The molecule has 0 unspecified atom stereocenters. The Labute approximate surface area is 174 Å². The smallest absolute Gasteiger partial charge is 0.240 e. The van der Waals surface area contributed by atoms with Gasteiger partial charge in [-0.15, -0.1) is 10.2 Å². The number of nitrogens with one attached hydrogen (secondary N) is 1. The molecule has 156 valence electrons. The highest BCUT2D eigenvalue weighted by Gasteiger charge is 2.22. The topological polar surface area (TPSA) is 109 Å². The van der Waals surface area contributed by atoms with Crippen molar-refractivity contribution in [3.8, 4) is 11.4 Å². The molecule has 0 aliphatic carbocycles. The first-order chi connectivity index (χ1) is 14.4. The van der Waals surface area contributed by atoms with Gasteiger partial charge in [0.05, 0.1) is 17.2 Å². The number of benzene rings is 2. The van der Waals surface area contributed by atoms with Crippen LogP contribution in [0.15, 0.2) is 47.4 Å². The quantitative estimate of drug-likeness (QED) is 0.491. The Balaban J connectivity index is 1.88. The average molecular weight is 426 g/mol. The highest BCUT2D eigenvalue weighted by atomic mass is 32.2. The molecule has 0 saturated carbocycles. The van der Waals surface area contributed by atoms with Crippen LogP contribution in [0.3, 0.4) is 0 Å². The number of fused-ring (bicyclic) bond motifs is 3. The molecule has 0 amide bonds. The molecule has 4 aromatic rings. The van der Waals surface area contributed by atoms with Crippen LogP contribution in [0.25, 0.3) is 27.8 Å². The van der Waals surface area contributed by atoms with Crippen molar-refractivity contribution < 1.29 is 13.5 Å². The maximum absolute atomic E-state index is 12.8. The summed E-state index contributed by atoms with van der Waals surface area (Å²) in [5.74, 6) is 0.475. The zero-order valence-corrected chi connectivity index (χ0v) is 17.8. The summed E-state index contributed by atoms with van der Waals surface area (Å²) in [4.78, 5) is 0.101. The Bertz CT molecular complexity index is 1340. The van der Waals surface area contributed by atoms with Gasteiger partial charge < -0.3 is 5.11 Å². The van der Waals surface area contributed by atoms with Crippen LogP contribution in [0.5, 0.6) is 0 Å². The van der Waals surface area contributed by atoms with Gasteiger partial charge in [-0.3, -0.25) is 0 Å². The Hall–Kier alpha value is -2.88. The van der Waals surface area contributed by atoms with Crippen molar-refractivity contribution in [2.45, 2.75) is 38.1 Å². The molecule has 1 atom stereocenters. The lowest BCUT2D eigenvalue weighted by molar-refractivity contribution is 0.254. The molecule has 9 heteroatoms. The highest BCUT2D eigenvalue weighted by molar-refractivity contribution is 7.89. The number of aliphatic hydroxyl groups excluding tert-OH is 1. The Morgan fingerprint density at radius 3 is 2.53 bits per heavy atom. The van der Waals surface area contributed by atoms with E-state index in [1.165, 1.54) is 0 Å². The second-order valence-corrected chi connectivity index (χ2v) is 8.99. The second-order valence-electron chi connectivity index (χ2n) is 7.28. The van der Waals surface area contributed by atoms with Crippen molar-refractivity contribution in [1.82, 2.24) is 24.5 Å². The molecular formula is C21H23N5O3S. The third-order valence-corrected chi connectivity index (χ3v) is 6.76. The molecule has 0 radical (unpaired) electrons. The summed E-state index contributed by atoms with van der Waals surface area (Å²) in [7, 11) is -3.80.